The van der Waals surface area contributed by atoms with Gasteiger partial charge in [-0.2, -0.15) is 11.8 Å². The van der Waals surface area contributed by atoms with Gasteiger partial charge in [-0.05, 0) is 37.1 Å². The SMILES string of the molecule is CCSC1CCC(NCC(=O)Nc2ccccc2Cl)C1. The average Bonchev–Trinajstić information content (AvgIpc) is 2.87. The highest BCUT2D eigenvalue weighted by Crippen LogP contribution is 2.29. The van der Waals surface area contributed by atoms with Gasteiger partial charge in [-0.1, -0.05) is 30.7 Å². The fraction of sp³-hybridized carbons (Fsp3) is 0.533. The Balaban J connectivity index is 1.72. The fourth-order valence-corrected chi connectivity index (χ4v) is 3.83. The number of carbonyl (C=O) groups excluding carboxylic acids is 1. The molecule has 2 unspecified atom stereocenters. The number of anilines is 1. The molecular formula is C15H21ClN2OS. The topological polar surface area (TPSA) is 41.1 Å². The number of para-hydroxylation sites is 1. The summed E-state index contributed by atoms with van der Waals surface area (Å²) in [6.45, 7) is 2.54. The number of hydrogen-bond acceptors (Lipinski definition) is 3. The minimum atomic E-state index is -0.0373. The van der Waals surface area contributed by atoms with Gasteiger partial charge < -0.3 is 10.6 Å². The molecule has 1 aliphatic carbocycles. The fourth-order valence-electron chi connectivity index (χ4n) is 2.51. The lowest BCUT2D eigenvalue weighted by molar-refractivity contribution is -0.115. The van der Waals surface area contributed by atoms with Crippen LogP contribution in [0.5, 0.6) is 0 Å². The van der Waals surface area contributed by atoms with Gasteiger partial charge in [-0.25, -0.2) is 0 Å². The predicted octanol–water partition coefficient (Wildman–Crippen LogP) is 3.54. The maximum absolute atomic E-state index is 11.9. The van der Waals surface area contributed by atoms with E-state index in [4.69, 9.17) is 11.6 Å². The van der Waals surface area contributed by atoms with Crippen molar-refractivity contribution in [3.8, 4) is 0 Å². The number of hydrogen-bond donors (Lipinski definition) is 2. The number of carbonyl (C=O) groups is 1. The van der Waals surface area contributed by atoms with E-state index in [1.807, 2.05) is 30.0 Å². The second-order valence-corrected chi connectivity index (χ2v) is 6.98. The first-order valence-corrected chi connectivity index (χ1v) is 8.51. The van der Waals surface area contributed by atoms with Gasteiger partial charge in [0.2, 0.25) is 5.91 Å². The number of rotatable bonds is 6. The summed E-state index contributed by atoms with van der Waals surface area (Å²) < 4.78 is 0. The van der Waals surface area contributed by atoms with Gasteiger partial charge in [0.1, 0.15) is 0 Å². The number of benzene rings is 1. The van der Waals surface area contributed by atoms with Crippen molar-refractivity contribution in [3.05, 3.63) is 29.3 Å². The Bertz CT molecular complexity index is 455. The number of halogens is 1. The Morgan fingerprint density at radius 2 is 2.20 bits per heavy atom. The summed E-state index contributed by atoms with van der Waals surface area (Å²) in [5.41, 5.74) is 0.673. The van der Waals surface area contributed by atoms with Gasteiger partial charge in [0.25, 0.3) is 0 Å². The molecule has 2 rings (SSSR count). The molecule has 0 radical (unpaired) electrons. The second kappa shape index (κ2) is 7.91. The lowest BCUT2D eigenvalue weighted by atomic mass is 10.2. The maximum Gasteiger partial charge on any atom is 0.238 e. The molecular weight excluding hydrogens is 292 g/mol. The van der Waals surface area contributed by atoms with Crippen LogP contribution < -0.4 is 10.6 Å². The zero-order valence-corrected chi connectivity index (χ0v) is 13.3. The summed E-state index contributed by atoms with van der Waals surface area (Å²) in [4.78, 5) is 11.9. The van der Waals surface area contributed by atoms with Gasteiger partial charge in [0, 0.05) is 11.3 Å². The molecule has 5 heteroatoms. The number of thioether (sulfide) groups is 1. The Morgan fingerprint density at radius 1 is 1.40 bits per heavy atom. The average molecular weight is 313 g/mol. The van der Waals surface area contributed by atoms with E-state index in [0.29, 0.717) is 23.3 Å². The Hall–Kier alpha value is -0.710. The molecule has 0 aliphatic heterocycles. The third-order valence-electron chi connectivity index (χ3n) is 3.49. The van der Waals surface area contributed by atoms with E-state index in [2.05, 4.69) is 17.6 Å². The predicted molar refractivity (Wildman–Crippen MR) is 87.6 cm³/mol. The molecule has 1 saturated carbocycles. The summed E-state index contributed by atoms with van der Waals surface area (Å²) in [7, 11) is 0. The first-order chi connectivity index (χ1) is 9.69. The maximum atomic E-state index is 11.9. The summed E-state index contributed by atoms with van der Waals surface area (Å²) in [5, 5.41) is 7.50. The lowest BCUT2D eigenvalue weighted by Gasteiger charge is -2.13. The van der Waals surface area contributed by atoms with Crippen molar-refractivity contribution in [1.29, 1.82) is 0 Å². The van der Waals surface area contributed by atoms with E-state index in [1.54, 1.807) is 6.07 Å². The Labute approximate surface area is 129 Å². The van der Waals surface area contributed by atoms with Crippen LogP contribution in [0.4, 0.5) is 5.69 Å². The Morgan fingerprint density at radius 3 is 2.95 bits per heavy atom. The quantitative estimate of drug-likeness (QED) is 0.844. The monoisotopic (exact) mass is 312 g/mol. The molecule has 2 atom stereocenters. The highest BCUT2D eigenvalue weighted by atomic mass is 35.5. The summed E-state index contributed by atoms with van der Waals surface area (Å²) in [6, 6.07) is 7.76. The van der Waals surface area contributed by atoms with Crippen LogP contribution in [0.1, 0.15) is 26.2 Å². The molecule has 0 heterocycles. The molecule has 0 aromatic heterocycles. The molecule has 1 aromatic carbocycles. The van der Waals surface area contributed by atoms with Crippen LogP contribution in [0.2, 0.25) is 5.02 Å². The molecule has 0 spiro atoms. The van der Waals surface area contributed by atoms with Crippen LogP contribution in [0, 0.1) is 0 Å². The molecule has 0 bridgehead atoms. The van der Waals surface area contributed by atoms with E-state index < -0.39 is 0 Å². The van der Waals surface area contributed by atoms with E-state index >= 15 is 0 Å². The minimum absolute atomic E-state index is 0.0373. The molecule has 20 heavy (non-hydrogen) atoms. The van der Waals surface area contributed by atoms with Crippen LogP contribution in [0.3, 0.4) is 0 Å². The molecule has 2 N–H and O–H groups in total. The van der Waals surface area contributed by atoms with Crippen molar-refractivity contribution in [2.24, 2.45) is 0 Å². The van der Waals surface area contributed by atoms with Gasteiger partial charge in [0.15, 0.2) is 0 Å². The highest BCUT2D eigenvalue weighted by molar-refractivity contribution is 7.99. The smallest absolute Gasteiger partial charge is 0.238 e. The lowest BCUT2D eigenvalue weighted by Crippen LogP contribution is -2.34. The highest BCUT2D eigenvalue weighted by Gasteiger charge is 2.24. The molecule has 1 aliphatic rings. The molecule has 1 amide bonds. The standard InChI is InChI=1S/C15H21ClN2OS/c1-2-20-12-8-7-11(9-12)17-10-15(19)18-14-6-4-3-5-13(14)16/h3-6,11-12,17H,2,7-10H2,1H3,(H,18,19). The normalized spacial score (nSPS) is 21.9. The van der Waals surface area contributed by atoms with Crippen molar-refractivity contribution >= 4 is 35.0 Å². The van der Waals surface area contributed by atoms with Crippen LogP contribution >= 0.6 is 23.4 Å². The van der Waals surface area contributed by atoms with Crippen molar-refractivity contribution in [3.63, 3.8) is 0 Å². The van der Waals surface area contributed by atoms with E-state index in [1.165, 1.54) is 12.2 Å². The second-order valence-electron chi connectivity index (χ2n) is 5.00. The van der Waals surface area contributed by atoms with Crippen LogP contribution in [0.15, 0.2) is 24.3 Å². The first kappa shape index (κ1) is 15.7. The summed E-state index contributed by atoms with van der Waals surface area (Å²) >= 11 is 8.04. The van der Waals surface area contributed by atoms with Crippen LogP contribution in [0.25, 0.3) is 0 Å². The van der Waals surface area contributed by atoms with Crippen molar-refractivity contribution in [1.82, 2.24) is 5.32 Å². The summed E-state index contributed by atoms with van der Waals surface area (Å²) in [5.74, 6) is 1.13. The van der Waals surface area contributed by atoms with Gasteiger partial charge >= 0.3 is 0 Å². The summed E-state index contributed by atoms with van der Waals surface area (Å²) in [6.07, 6.45) is 3.58. The number of amides is 1. The number of nitrogens with one attached hydrogen (secondary N) is 2. The Kier molecular flexibility index (Phi) is 6.20. The van der Waals surface area contributed by atoms with Crippen molar-refractivity contribution < 1.29 is 4.79 Å². The van der Waals surface area contributed by atoms with Crippen LogP contribution in [-0.2, 0) is 4.79 Å². The van der Waals surface area contributed by atoms with Gasteiger partial charge in [-0.3, -0.25) is 4.79 Å². The van der Waals surface area contributed by atoms with E-state index in [0.717, 1.165) is 18.1 Å². The van der Waals surface area contributed by atoms with Gasteiger partial charge in [0.05, 0.1) is 17.3 Å². The molecule has 1 fully saturated rings. The van der Waals surface area contributed by atoms with Crippen molar-refractivity contribution in [2.45, 2.75) is 37.5 Å². The third kappa shape index (κ3) is 4.69. The van der Waals surface area contributed by atoms with Crippen LogP contribution in [-0.4, -0.2) is 29.5 Å². The molecule has 3 nitrogen and oxygen atoms in total. The third-order valence-corrected chi connectivity index (χ3v) is 5.05. The largest absolute Gasteiger partial charge is 0.324 e. The zero-order chi connectivity index (χ0) is 14.4. The first-order valence-electron chi connectivity index (χ1n) is 7.08. The van der Waals surface area contributed by atoms with Gasteiger partial charge in [-0.15, -0.1) is 0 Å². The molecule has 0 saturated heterocycles. The van der Waals surface area contributed by atoms with Crippen molar-refractivity contribution in [2.75, 3.05) is 17.6 Å². The zero-order valence-electron chi connectivity index (χ0n) is 11.7. The minimum Gasteiger partial charge on any atom is -0.324 e. The van der Waals surface area contributed by atoms with E-state index in [9.17, 15) is 4.79 Å². The molecule has 1 aromatic rings. The molecule has 110 valence electrons. The van der Waals surface area contributed by atoms with E-state index in [-0.39, 0.29) is 5.91 Å².